The lowest BCUT2D eigenvalue weighted by Crippen LogP contribution is -2.34. The lowest BCUT2D eigenvalue weighted by atomic mass is 10.1. The van der Waals surface area contributed by atoms with Gasteiger partial charge in [0.05, 0.1) is 5.92 Å². The van der Waals surface area contributed by atoms with Gasteiger partial charge in [-0.05, 0) is 19.4 Å². The minimum atomic E-state index is 0.238. The Morgan fingerprint density at radius 3 is 2.92 bits per heavy atom. The van der Waals surface area contributed by atoms with Gasteiger partial charge < -0.3 is 10.2 Å². The summed E-state index contributed by atoms with van der Waals surface area (Å²) in [7, 11) is 1.91. The van der Waals surface area contributed by atoms with Crippen molar-refractivity contribution < 1.29 is 4.79 Å². The Kier molecular flexibility index (Phi) is 4.22. The van der Waals surface area contributed by atoms with E-state index in [9.17, 15) is 4.79 Å². The number of hydrogen-bond acceptors (Lipinski definition) is 2. The van der Waals surface area contributed by atoms with Gasteiger partial charge >= 0.3 is 0 Å². The SMILES string of the molecule is CCCCN(C)C(=O)C1CCNC1. The van der Waals surface area contributed by atoms with Gasteiger partial charge in [-0.15, -0.1) is 0 Å². The second-order valence-corrected chi connectivity index (χ2v) is 3.80. The van der Waals surface area contributed by atoms with Crippen LogP contribution < -0.4 is 5.32 Å². The van der Waals surface area contributed by atoms with E-state index in [4.69, 9.17) is 0 Å². The molecule has 0 aromatic carbocycles. The fourth-order valence-corrected chi connectivity index (χ4v) is 1.68. The second kappa shape index (κ2) is 5.22. The molecule has 3 heteroatoms. The molecule has 0 aromatic heterocycles. The highest BCUT2D eigenvalue weighted by molar-refractivity contribution is 5.79. The van der Waals surface area contributed by atoms with E-state index in [1.54, 1.807) is 0 Å². The summed E-state index contributed by atoms with van der Waals surface area (Å²) in [5.41, 5.74) is 0. The molecule has 1 N–H and O–H groups in total. The summed E-state index contributed by atoms with van der Waals surface area (Å²) < 4.78 is 0. The normalized spacial score (nSPS) is 21.8. The molecule has 0 radical (unpaired) electrons. The van der Waals surface area contributed by atoms with Crippen molar-refractivity contribution >= 4 is 5.91 Å². The highest BCUT2D eigenvalue weighted by Crippen LogP contribution is 2.10. The summed E-state index contributed by atoms with van der Waals surface area (Å²) in [5, 5.41) is 3.22. The van der Waals surface area contributed by atoms with Crippen molar-refractivity contribution in [3.05, 3.63) is 0 Å². The number of hydrogen-bond donors (Lipinski definition) is 1. The van der Waals surface area contributed by atoms with E-state index in [0.29, 0.717) is 5.91 Å². The standard InChI is InChI=1S/C10H20N2O/c1-3-4-7-12(2)10(13)9-5-6-11-8-9/h9,11H,3-8H2,1-2H3. The molecule has 1 aliphatic rings. The van der Waals surface area contributed by atoms with Crippen molar-refractivity contribution in [1.82, 2.24) is 10.2 Å². The molecule has 1 unspecified atom stereocenters. The summed E-state index contributed by atoms with van der Waals surface area (Å²) in [6.45, 7) is 4.93. The summed E-state index contributed by atoms with van der Waals surface area (Å²) in [6, 6.07) is 0. The van der Waals surface area contributed by atoms with Gasteiger partial charge in [-0.2, -0.15) is 0 Å². The largest absolute Gasteiger partial charge is 0.345 e. The van der Waals surface area contributed by atoms with Crippen molar-refractivity contribution in [2.45, 2.75) is 26.2 Å². The lowest BCUT2D eigenvalue weighted by Gasteiger charge is -2.20. The molecule has 0 saturated carbocycles. The molecule has 1 saturated heterocycles. The molecule has 0 aromatic rings. The predicted octanol–water partition coefficient (Wildman–Crippen LogP) is 0.854. The highest BCUT2D eigenvalue weighted by atomic mass is 16.2. The lowest BCUT2D eigenvalue weighted by molar-refractivity contribution is -0.133. The molecule has 1 rings (SSSR count). The summed E-state index contributed by atoms with van der Waals surface area (Å²) >= 11 is 0. The highest BCUT2D eigenvalue weighted by Gasteiger charge is 2.24. The molecule has 1 aliphatic heterocycles. The van der Waals surface area contributed by atoms with Gasteiger partial charge in [0.15, 0.2) is 0 Å². The van der Waals surface area contributed by atoms with E-state index >= 15 is 0 Å². The number of nitrogens with one attached hydrogen (secondary N) is 1. The number of carbonyl (C=O) groups excluding carboxylic acids is 1. The van der Waals surface area contributed by atoms with E-state index in [1.807, 2.05) is 11.9 Å². The maximum absolute atomic E-state index is 11.7. The number of unbranched alkanes of at least 4 members (excludes halogenated alkanes) is 1. The number of carbonyl (C=O) groups is 1. The fraction of sp³-hybridized carbons (Fsp3) is 0.900. The van der Waals surface area contributed by atoms with Gasteiger partial charge in [-0.1, -0.05) is 13.3 Å². The smallest absolute Gasteiger partial charge is 0.226 e. The van der Waals surface area contributed by atoms with Crippen molar-refractivity contribution in [2.75, 3.05) is 26.7 Å². The third kappa shape index (κ3) is 2.99. The predicted molar refractivity (Wildman–Crippen MR) is 53.5 cm³/mol. The van der Waals surface area contributed by atoms with E-state index < -0.39 is 0 Å². The molecule has 1 heterocycles. The van der Waals surface area contributed by atoms with E-state index in [-0.39, 0.29) is 5.92 Å². The molecule has 0 bridgehead atoms. The van der Waals surface area contributed by atoms with E-state index in [0.717, 1.165) is 38.9 Å². The monoisotopic (exact) mass is 184 g/mol. The fourth-order valence-electron chi connectivity index (χ4n) is 1.68. The van der Waals surface area contributed by atoms with Crippen molar-refractivity contribution in [1.29, 1.82) is 0 Å². The summed E-state index contributed by atoms with van der Waals surface area (Å²) in [5.74, 6) is 0.556. The number of rotatable bonds is 4. The van der Waals surface area contributed by atoms with Crippen LogP contribution in [0.25, 0.3) is 0 Å². The average Bonchev–Trinajstić information content (AvgIpc) is 2.65. The van der Waals surface area contributed by atoms with Crippen molar-refractivity contribution in [3.63, 3.8) is 0 Å². The first-order valence-corrected chi connectivity index (χ1v) is 5.21. The Morgan fingerprint density at radius 2 is 2.38 bits per heavy atom. The van der Waals surface area contributed by atoms with Crippen LogP contribution in [0.15, 0.2) is 0 Å². The minimum Gasteiger partial charge on any atom is -0.345 e. The van der Waals surface area contributed by atoms with Crippen LogP contribution in [0.3, 0.4) is 0 Å². The zero-order valence-electron chi connectivity index (χ0n) is 8.68. The maximum Gasteiger partial charge on any atom is 0.226 e. The van der Waals surface area contributed by atoms with Crippen molar-refractivity contribution in [2.24, 2.45) is 5.92 Å². The van der Waals surface area contributed by atoms with E-state index in [2.05, 4.69) is 12.2 Å². The Hall–Kier alpha value is -0.570. The van der Waals surface area contributed by atoms with E-state index in [1.165, 1.54) is 0 Å². The quantitative estimate of drug-likeness (QED) is 0.702. The first kappa shape index (κ1) is 10.5. The Labute approximate surface area is 80.5 Å². The van der Waals surface area contributed by atoms with Crippen LogP contribution in [0.2, 0.25) is 0 Å². The zero-order valence-corrected chi connectivity index (χ0v) is 8.68. The Morgan fingerprint density at radius 1 is 1.62 bits per heavy atom. The third-order valence-electron chi connectivity index (χ3n) is 2.63. The van der Waals surface area contributed by atoms with Gasteiger partial charge in [0, 0.05) is 20.1 Å². The Bertz CT molecular complexity index is 164. The van der Waals surface area contributed by atoms with Gasteiger partial charge in [-0.25, -0.2) is 0 Å². The molecule has 1 amide bonds. The maximum atomic E-state index is 11.7. The molecular formula is C10H20N2O. The van der Waals surface area contributed by atoms with Gasteiger partial charge in [0.2, 0.25) is 5.91 Å². The van der Waals surface area contributed by atoms with Crippen LogP contribution >= 0.6 is 0 Å². The summed E-state index contributed by atoms with van der Waals surface area (Å²) in [6.07, 6.45) is 3.28. The topological polar surface area (TPSA) is 32.3 Å². The van der Waals surface area contributed by atoms with Crippen LogP contribution in [0.4, 0.5) is 0 Å². The molecule has 1 fully saturated rings. The molecule has 1 atom stereocenters. The van der Waals surface area contributed by atoms with Gasteiger partial charge in [0.25, 0.3) is 0 Å². The van der Waals surface area contributed by atoms with Crippen molar-refractivity contribution in [3.8, 4) is 0 Å². The van der Waals surface area contributed by atoms with Crippen LogP contribution in [-0.4, -0.2) is 37.5 Å². The number of amides is 1. The minimum absolute atomic E-state index is 0.238. The summed E-state index contributed by atoms with van der Waals surface area (Å²) in [4.78, 5) is 13.6. The molecule has 3 nitrogen and oxygen atoms in total. The molecule has 0 aliphatic carbocycles. The second-order valence-electron chi connectivity index (χ2n) is 3.80. The van der Waals surface area contributed by atoms with Gasteiger partial charge in [0.1, 0.15) is 0 Å². The number of nitrogens with zero attached hydrogens (tertiary/aromatic N) is 1. The third-order valence-corrected chi connectivity index (χ3v) is 2.63. The van der Waals surface area contributed by atoms with Crippen LogP contribution in [0.5, 0.6) is 0 Å². The zero-order chi connectivity index (χ0) is 9.68. The van der Waals surface area contributed by atoms with Crippen LogP contribution in [0.1, 0.15) is 26.2 Å². The first-order valence-electron chi connectivity index (χ1n) is 5.21. The van der Waals surface area contributed by atoms with Gasteiger partial charge in [-0.3, -0.25) is 4.79 Å². The molecular weight excluding hydrogens is 164 g/mol. The molecule has 76 valence electrons. The van der Waals surface area contributed by atoms with Crippen LogP contribution in [-0.2, 0) is 4.79 Å². The first-order chi connectivity index (χ1) is 6.25. The molecule has 13 heavy (non-hydrogen) atoms. The average molecular weight is 184 g/mol. The Balaban J connectivity index is 2.28. The molecule has 0 spiro atoms. The van der Waals surface area contributed by atoms with Crippen LogP contribution in [0, 0.1) is 5.92 Å².